The molecule has 7 heteroatoms. The van der Waals surface area contributed by atoms with Gasteiger partial charge in [-0.25, -0.2) is 0 Å². The summed E-state index contributed by atoms with van der Waals surface area (Å²) in [7, 11) is 0. The van der Waals surface area contributed by atoms with Gasteiger partial charge in [-0.1, -0.05) is 75.0 Å². The highest BCUT2D eigenvalue weighted by atomic mass is 79.9. The lowest BCUT2D eigenvalue weighted by atomic mass is 10.2. The van der Waals surface area contributed by atoms with Crippen LogP contribution in [0.3, 0.4) is 0 Å². The van der Waals surface area contributed by atoms with Gasteiger partial charge in [0.25, 0.3) is 12.4 Å². The van der Waals surface area contributed by atoms with Crippen LogP contribution in [0.1, 0.15) is 13.8 Å². The SMILES string of the molecule is CC(C)CN([SiH](Br)Br)[SiH](Br)Br. The fraction of sp³-hybridized carbons (Fsp3) is 1.00. The van der Waals surface area contributed by atoms with Crippen LogP contribution >= 0.6 is 61.2 Å². The number of nitrogens with zero attached hydrogens (tertiary/aromatic N) is 1. The summed E-state index contributed by atoms with van der Waals surface area (Å²) in [5.74, 6) is 0.727. The Balaban J connectivity index is 3.90. The number of hydrogen-bond acceptors (Lipinski definition) is 1. The Morgan fingerprint density at radius 3 is 1.55 bits per heavy atom. The van der Waals surface area contributed by atoms with E-state index in [2.05, 4.69) is 79.2 Å². The van der Waals surface area contributed by atoms with Crippen LogP contribution < -0.4 is 0 Å². The Kier molecular flexibility index (Phi) is 8.13. The standard InChI is InChI=1S/C4H11Br4NSi2/c1-4(2)3-9(10(5)6)11(7)8/h4,10-11H,3H2,1-2H3. The molecule has 0 aliphatic carbocycles. The Morgan fingerprint density at radius 1 is 1.09 bits per heavy atom. The number of halogens is 4. The van der Waals surface area contributed by atoms with Crippen LogP contribution in [0.15, 0.2) is 0 Å². The first kappa shape index (κ1) is 13.3. The maximum absolute atomic E-state index is 3.63. The molecule has 0 saturated carbocycles. The van der Waals surface area contributed by atoms with Gasteiger partial charge in [-0.15, -0.1) is 0 Å². The molecule has 0 saturated heterocycles. The van der Waals surface area contributed by atoms with Crippen LogP contribution in [0, 0.1) is 5.92 Å². The number of rotatable bonds is 4. The molecule has 0 rings (SSSR count). The van der Waals surface area contributed by atoms with E-state index < -0.39 is 12.4 Å². The van der Waals surface area contributed by atoms with Crippen molar-refractivity contribution in [2.45, 2.75) is 13.8 Å². The molecule has 0 amide bonds. The minimum absolute atomic E-state index is 0.727. The van der Waals surface area contributed by atoms with Crippen molar-refractivity contribution in [3.05, 3.63) is 0 Å². The predicted molar refractivity (Wildman–Crippen MR) is 71.5 cm³/mol. The Labute approximate surface area is 103 Å². The van der Waals surface area contributed by atoms with Crippen molar-refractivity contribution < 1.29 is 0 Å². The Bertz CT molecular complexity index is 102. The van der Waals surface area contributed by atoms with Gasteiger partial charge in [0.05, 0.1) is 0 Å². The zero-order valence-corrected chi connectivity index (χ0v) is 15.1. The van der Waals surface area contributed by atoms with E-state index in [1.165, 1.54) is 0 Å². The summed E-state index contributed by atoms with van der Waals surface area (Å²) in [6, 6.07) is 0. The van der Waals surface area contributed by atoms with Crippen LogP contribution in [0.4, 0.5) is 0 Å². The summed E-state index contributed by atoms with van der Waals surface area (Å²) >= 11 is 14.5. The van der Waals surface area contributed by atoms with E-state index in [1.54, 1.807) is 0 Å². The highest BCUT2D eigenvalue weighted by molar-refractivity contribution is 9.51. The molecule has 0 radical (unpaired) electrons. The zero-order chi connectivity index (χ0) is 9.02. The summed E-state index contributed by atoms with van der Waals surface area (Å²) in [6.07, 6.45) is -1.95. The second kappa shape index (κ2) is 6.72. The molecule has 0 bridgehead atoms. The van der Waals surface area contributed by atoms with Gasteiger partial charge in [-0.05, 0) is 12.5 Å². The van der Waals surface area contributed by atoms with Gasteiger partial charge in [-0.3, -0.25) is 0 Å². The fourth-order valence-electron chi connectivity index (χ4n) is 0.666. The molecule has 0 spiro atoms. The first-order chi connectivity index (χ1) is 4.95. The molecule has 0 aliphatic heterocycles. The second-order valence-corrected chi connectivity index (χ2v) is 23.5. The lowest BCUT2D eigenvalue weighted by Gasteiger charge is -2.25. The molecular formula is C4H11Br4NSi2. The lowest BCUT2D eigenvalue weighted by Crippen LogP contribution is -2.39. The zero-order valence-electron chi connectivity index (χ0n) is 6.40. The molecule has 0 heterocycles. The second-order valence-electron chi connectivity index (χ2n) is 2.65. The molecule has 68 valence electrons. The van der Waals surface area contributed by atoms with E-state index >= 15 is 0 Å². The van der Waals surface area contributed by atoms with Gasteiger partial charge in [0.15, 0.2) is 0 Å². The topological polar surface area (TPSA) is 3.24 Å². The largest absolute Gasteiger partial charge is 0.316 e. The van der Waals surface area contributed by atoms with Crippen molar-refractivity contribution in [2.24, 2.45) is 5.92 Å². The van der Waals surface area contributed by atoms with Gasteiger partial charge >= 0.3 is 0 Å². The van der Waals surface area contributed by atoms with Gasteiger partial charge in [0.2, 0.25) is 0 Å². The minimum Gasteiger partial charge on any atom is -0.316 e. The van der Waals surface area contributed by atoms with Gasteiger partial charge in [0.1, 0.15) is 0 Å². The summed E-state index contributed by atoms with van der Waals surface area (Å²) in [4.78, 5) is 0. The summed E-state index contributed by atoms with van der Waals surface area (Å²) in [6.45, 7) is 5.63. The molecule has 0 aromatic carbocycles. The highest BCUT2D eigenvalue weighted by Gasteiger charge is 2.21. The van der Waals surface area contributed by atoms with E-state index in [4.69, 9.17) is 0 Å². The molecule has 0 aromatic rings. The minimum atomic E-state index is -0.973. The predicted octanol–water partition coefficient (Wildman–Crippen LogP) is 2.96. The third-order valence-corrected chi connectivity index (χ3v) is 15.8. The lowest BCUT2D eigenvalue weighted by molar-refractivity contribution is 0.530. The van der Waals surface area contributed by atoms with Crippen molar-refractivity contribution in [2.75, 3.05) is 6.54 Å². The molecular weight excluding hydrogens is 438 g/mol. The average molecular weight is 449 g/mol. The van der Waals surface area contributed by atoms with E-state index in [1.807, 2.05) is 0 Å². The van der Waals surface area contributed by atoms with Gasteiger partial charge < -0.3 is 4.23 Å². The van der Waals surface area contributed by atoms with Crippen molar-refractivity contribution >= 4 is 73.6 Å². The smallest absolute Gasteiger partial charge is 0.252 e. The Morgan fingerprint density at radius 2 is 1.45 bits per heavy atom. The van der Waals surface area contributed by atoms with Crippen LogP contribution in [0.5, 0.6) is 0 Å². The van der Waals surface area contributed by atoms with Crippen molar-refractivity contribution in [1.29, 1.82) is 0 Å². The number of hydrogen-bond donors (Lipinski definition) is 0. The highest BCUT2D eigenvalue weighted by Crippen LogP contribution is 2.19. The quantitative estimate of drug-likeness (QED) is 0.472. The maximum atomic E-state index is 3.63. The van der Waals surface area contributed by atoms with Crippen LogP contribution in [-0.2, 0) is 0 Å². The normalized spacial score (nSPS) is 12.5. The van der Waals surface area contributed by atoms with Crippen LogP contribution in [0.25, 0.3) is 0 Å². The third-order valence-electron chi connectivity index (χ3n) is 1.08. The fourth-order valence-corrected chi connectivity index (χ4v) is 24.4. The molecule has 0 aliphatic rings. The molecule has 1 nitrogen and oxygen atoms in total. The van der Waals surface area contributed by atoms with Gasteiger partial charge in [-0.2, -0.15) is 0 Å². The van der Waals surface area contributed by atoms with E-state index in [0.29, 0.717) is 0 Å². The molecule has 0 aromatic heterocycles. The van der Waals surface area contributed by atoms with Crippen LogP contribution in [0.2, 0.25) is 0 Å². The summed E-state index contributed by atoms with van der Waals surface area (Å²) < 4.78 is 2.48. The first-order valence-electron chi connectivity index (χ1n) is 3.27. The molecule has 11 heavy (non-hydrogen) atoms. The average Bonchev–Trinajstić information content (AvgIpc) is 1.81. The molecule has 0 atom stereocenters. The van der Waals surface area contributed by atoms with Crippen molar-refractivity contribution in [1.82, 2.24) is 4.23 Å². The summed E-state index contributed by atoms with van der Waals surface area (Å²) in [5.41, 5.74) is 0. The van der Waals surface area contributed by atoms with E-state index in [0.717, 1.165) is 12.5 Å². The van der Waals surface area contributed by atoms with Crippen molar-refractivity contribution in [3.63, 3.8) is 0 Å². The monoisotopic (exact) mass is 445 g/mol. The van der Waals surface area contributed by atoms with E-state index in [-0.39, 0.29) is 0 Å². The molecule has 0 unspecified atom stereocenters. The van der Waals surface area contributed by atoms with Crippen LogP contribution in [-0.4, -0.2) is 23.2 Å². The van der Waals surface area contributed by atoms with Gasteiger partial charge in [0, 0.05) is 0 Å². The molecule has 0 fully saturated rings. The Hall–Kier alpha value is 2.31. The van der Waals surface area contributed by atoms with E-state index in [9.17, 15) is 0 Å². The maximum Gasteiger partial charge on any atom is 0.252 e. The third kappa shape index (κ3) is 6.39. The first-order valence-corrected chi connectivity index (χ1v) is 17.0. The summed E-state index contributed by atoms with van der Waals surface area (Å²) in [5, 5.41) is 0. The molecule has 0 N–H and O–H groups in total. The van der Waals surface area contributed by atoms with Crippen molar-refractivity contribution in [3.8, 4) is 0 Å².